The Morgan fingerprint density at radius 3 is 2.42 bits per heavy atom. The lowest BCUT2D eigenvalue weighted by Gasteiger charge is -2.30. The van der Waals surface area contributed by atoms with Gasteiger partial charge in [0, 0.05) is 30.9 Å². The van der Waals surface area contributed by atoms with Crippen molar-refractivity contribution in [2.45, 2.75) is 32.3 Å². The van der Waals surface area contributed by atoms with Crippen LogP contribution in [0.25, 0.3) is 0 Å². The molecule has 2 aliphatic rings. The van der Waals surface area contributed by atoms with Crippen LogP contribution in [0.2, 0.25) is 0 Å². The number of rotatable bonds is 6. The van der Waals surface area contributed by atoms with Gasteiger partial charge in [0.25, 0.3) is 5.91 Å². The van der Waals surface area contributed by atoms with Crippen molar-refractivity contribution in [1.29, 1.82) is 0 Å². The summed E-state index contributed by atoms with van der Waals surface area (Å²) < 4.78 is 5.42. The van der Waals surface area contributed by atoms with E-state index in [0.717, 1.165) is 6.42 Å². The number of ether oxygens (including phenoxy) is 1. The van der Waals surface area contributed by atoms with Crippen molar-refractivity contribution < 1.29 is 24.2 Å². The quantitative estimate of drug-likeness (QED) is 0.809. The Labute approximate surface area is 152 Å². The number of carbonyl (C=O) groups is 3. The van der Waals surface area contributed by atoms with Crippen LogP contribution < -0.4 is 5.32 Å². The third-order valence-corrected chi connectivity index (χ3v) is 4.98. The van der Waals surface area contributed by atoms with Gasteiger partial charge in [-0.15, -0.1) is 0 Å². The van der Waals surface area contributed by atoms with E-state index >= 15 is 0 Å². The Morgan fingerprint density at radius 1 is 1.19 bits per heavy atom. The largest absolute Gasteiger partial charge is 0.481 e. The minimum atomic E-state index is -0.792. The van der Waals surface area contributed by atoms with Gasteiger partial charge in [0.1, 0.15) is 0 Å². The molecule has 2 fully saturated rings. The van der Waals surface area contributed by atoms with Crippen LogP contribution in [-0.2, 0) is 14.3 Å². The Kier molecular flexibility index (Phi) is 5.56. The fourth-order valence-electron chi connectivity index (χ4n) is 3.29. The molecule has 2 atom stereocenters. The molecule has 3 rings (SSSR count). The van der Waals surface area contributed by atoms with E-state index in [9.17, 15) is 14.4 Å². The number of carboxylic acid groups (broad SMARTS) is 1. The normalized spacial score (nSPS) is 22.7. The average Bonchev–Trinajstić information content (AvgIpc) is 3.42. The van der Waals surface area contributed by atoms with Crippen molar-refractivity contribution in [1.82, 2.24) is 4.90 Å². The topological polar surface area (TPSA) is 95.9 Å². The van der Waals surface area contributed by atoms with Gasteiger partial charge in [-0.3, -0.25) is 14.4 Å². The number of nitrogens with zero attached hydrogens (tertiary/aromatic N) is 1. The molecule has 2 unspecified atom stereocenters. The summed E-state index contributed by atoms with van der Waals surface area (Å²) in [6, 6.07) is 6.81. The molecular formula is C19H24N2O5. The highest BCUT2D eigenvalue weighted by molar-refractivity contribution is 5.97. The molecule has 26 heavy (non-hydrogen) atoms. The summed E-state index contributed by atoms with van der Waals surface area (Å²) in [5.74, 6) is -1.41. The SMILES string of the molecule is CCOC1CC1C(=O)Nc1ccc(C(=O)N2CCC(C(=O)O)CC2)cc1. The molecule has 0 bridgehead atoms. The summed E-state index contributed by atoms with van der Waals surface area (Å²) in [5, 5.41) is 11.9. The molecule has 1 aromatic rings. The molecule has 0 spiro atoms. The highest BCUT2D eigenvalue weighted by Gasteiger charge is 2.43. The monoisotopic (exact) mass is 360 g/mol. The molecule has 1 aliphatic carbocycles. The van der Waals surface area contributed by atoms with Crippen LogP contribution >= 0.6 is 0 Å². The molecule has 1 heterocycles. The van der Waals surface area contributed by atoms with Crippen molar-refractivity contribution in [2.24, 2.45) is 11.8 Å². The first-order valence-electron chi connectivity index (χ1n) is 9.04. The minimum Gasteiger partial charge on any atom is -0.481 e. The smallest absolute Gasteiger partial charge is 0.306 e. The molecule has 1 saturated heterocycles. The number of benzene rings is 1. The first kappa shape index (κ1) is 18.4. The molecular weight excluding hydrogens is 336 g/mol. The zero-order chi connectivity index (χ0) is 18.7. The summed E-state index contributed by atoms with van der Waals surface area (Å²) in [6.07, 6.45) is 1.74. The van der Waals surface area contributed by atoms with Crippen LogP contribution in [0, 0.1) is 11.8 Å². The van der Waals surface area contributed by atoms with Gasteiger partial charge >= 0.3 is 5.97 Å². The van der Waals surface area contributed by atoms with Crippen LogP contribution in [0.1, 0.15) is 36.5 Å². The maximum atomic E-state index is 12.5. The Morgan fingerprint density at radius 2 is 1.85 bits per heavy atom. The second-order valence-corrected chi connectivity index (χ2v) is 6.81. The van der Waals surface area contributed by atoms with Crippen LogP contribution in [0.3, 0.4) is 0 Å². The molecule has 1 saturated carbocycles. The fraction of sp³-hybridized carbons (Fsp3) is 0.526. The molecule has 2 N–H and O–H groups in total. The van der Waals surface area contributed by atoms with Crippen LogP contribution in [0.4, 0.5) is 5.69 Å². The van der Waals surface area contributed by atoms with E-state index < -0.39 is 5.97 Å². The first-order valence-corrected chi connectivity index (χ1v) is 9.04. The van der Waals surface area contributed by atoms with Gasteiger partial charge in [-0.05, 0) is 50.5 Å². The lowest BCUT2D eigenvalue weighted by molar-refractivity contribution is -0.143. The first-order chi connectivity index (χ1) is 12.5. The van der Waals surface area contributed by atoms with Crippen LogP contribution in [0.15, 0.2) is 24.3 Å². The molecule has 1 aliphatic heterocycles. The predicted octanol–water partition coefficient (Wildman–Crippen LogP) is 1.99. The summed E-state index contributed by atoms with van der Waals surface area (Å²) in [6.45, 7) is 3.42. The lowest BCUT2D eigenvalue weighted by atomic mass is 9.96. The number of nitrogens with one attached hydrogen (secondary N) is 1. The van der Waals surface area contributed by atoms with Gasteiger partial charge in [0.05, 0.1) is 17.9 Å². The summed E-state index contributed by atoms with van der Waals surface area (Å²) in [4.78, 5) is 37.3. The highest BCUT2D eigenvalue weighted by atomic mass is 16.5. The van der Waals surface area contributed by atoms with E-state index in [1.165, 1.54) is 0 Å². The molecule has 0 radical (unpaired) electrons. The molecule has 0 aromatic heterocycles. The summed E-state index contributed by atoms with van der Waals surface area (Å²) in [5.41, 5.74) is 1.19. The standard InChI is InChI=1S/C19H24N2O5/c1-2-26-16-11-15(16)17(22)20-14-5-3-12(4-6-14)18(23)21-9-7-13(8-10-21)19(24)25/h3-6,13,15-16H,2,7-11H2,1H3,(H,20,22)(H,24,25). The van der Waals surface area contributed by atoms with E-state index in [2.05, 4.69) is 5.32 Å². The number of aliphatic carboxylic acids is 1. The second kappa shape index (κ2) is 7.86. The average molecular weight is 360 g/mol. The number of hydrogen-bond donors (Lipinski definition) is 2. The van der Waals surface area contributed by atoms with Gasteiger partial charge in [-0.2, -0.15) is 0 Å². The number of carboxylic acids is 1. The van der Waals surface area contributed by atoms with E-state index in [-0.39, 0.29) is 29.8 Å². The zero-order valence-electron chi connectivity index (χ0n) is 14.8. The summed E-state index contributed by atoms with van der Waals surface area (Å²) >= 11 is 0. The molecule has 7 nitrogen and oxygen atoms in total. The van der Waals surface area contributed by atoms with Gasteiger partial charge in [-0.1, -0.05) is 0 Å². The highest BCUT2D eigenvalue weighted by Crippen LogP contribution is 2.34. The Bertz CT molecular complexity index is 680. The number of piperidine rings is 1. The van der Waals surface area contributed by atoms with Gasteiger partial charge < -0.3 is 20.1 Å². The maximum Gasteiger partial charge on any atom is 0.306 e. The van der Waals surface area contributed by atoms with E-state index in [4.69, 9.17) is 9.84 Å². The maximum absolute atomic E-state index is 12.5. The third kappa shape index (κ3) is 4.22. The molecule has 7 heteroatoms. The number of anilines is 1. The number of carbonyl (C=O) groups excluding carboxylic acids is 2. The third-order valence-electron chi connectivity index (χ3n) is 4.98. The number of amides is 2. The lowest BCUT2D eigenvalue weighted by Crippen LogP contribution is -2.40. The van der Waals surface area contributed by atoms with Gasteiger partial charge in [0.15, 0.2) is 0 Å². The van der Waals surface area contributed by atoms with Gasteiger partial charge in [-0.25, -0.2) is 0 Å². The van der Waals surface area contributed by atoms with E-state index in [0.29, 0.717) is 43.8 Å². The number of hydrogen-bond acceptors (Lipinski definition) is 4. The fourth-order valence-corrected chi connectivity index (χ4v) is 3.29. The Hall–Kier alpha value is -2.41. The Balaban J connectivity index is 1.52. The van der Waals surface area contributed by atoms with Gasteiger partial charge in [0.2, 0.25) is 5.91 Å². The van der Waals surface area contributed by atoms with Crippen molar-refractivity contribution in [3.63, 3.8) is 0 Å². The predicted molar refractivity (Wildman–Crippen MR) is 94.9 cm³/mol. The van der Waals surface area contributed by atoms with Crippen molar-refractivity contribution in [2.75, 3.05) is 25.0 Å². The van der Waals surface area contributed by atoms with E-state index in [1.54, 1.807) is 29.2 Å². The van der Waals surface area contributed by atoms with Crippen LogP contribution in [0.5, 0.6) is 0 Å². The molecule has 140 valence electrons. The zero-order valence-corrected chi connectivity index (χ0v) is 14.8. The van der Waals surface area contributed by atoms with Crippen molar-refractivity contribution in [3.05, 3.63) is 29.8 Å². The van der Waals surface area contributed by atoms with E-state index in [1.807, 2.05) is 6.92 Å². The second-order valence-electron chi connectivity index (χ2n) is 6.81. The molecule has 1 aromatic carbocycles. The van der Waals surface area contributed by atoms with Crippen molar-refractivity contribution >= 4 is 23.5 Å². The minimum absolute atomic E-state index is 0.0228. The van der Waals surface area contributed by atoms with Crippen LogP contribution in [-0.4, -0.2) is 53.6 Å². The molecule has 2 amide bonds. The van der Waals surface area contributed by atoms with Crippen molar-refractivity contribution in [3.8, 4) is 0 Å². The summed E-state index contributed by atoms with van der Waals surface area (Å²) in [7, 11) is 0. The number of likely N-dealkylation sites (tertiary alicyclic amines) is 1.